The normalized spacial score (nSPS) is 13.2. The van der Waals surface area contributed by atoms with Crippen molar-refractivity contribution in [1.82, 2.24) is 4.98 Å². The minimum Gasteiger partial charge on any atom is -0.327 e. The molecule has 20 heavy (non-hydrogen) atoms. The van der Waals surface area contributed by atoms with Crippen LogP contribution in [0.15, 0.2) is 48.8 Å². The molecule has 2 aromatic rings. The third-order valence-electron chi connectivity index (χ3n) is 3.00. The van der Waals surface area contributed by atoms with Crippen LogP contribution in [0.3, 0.4) is 0 Å². The zero-order chi connectivity index (χ0) is 14.6. The molecule has 106 valence electrons. The summed E-state index contributed by atoms with van der Waals surface area (Å²) in [6.45, 7) is 0. The maximum atomic E-state index is 12.4. The van der Waals surface area contributed by atoms with Crippen LogP contribution >= 0.6 is 0 Å². The van der Waals surface area contributed by atoms with Crippen molar-refractivity contribution in [3.8, 4) is 0 Å². The second-order valence-electron chi connectivity index (χ2n) is 4.72. The van der Waals surface area contributed by atoms with Crippen molar-refractivity contribution in [2.75, 3.05) is 0 Å². The molecule has 2 rings (SSSR count). The van der Waals surface area contributed by atoms with Crippen LogP contribution in [0.4, 0.5) is 13.2 Å². The molecule has 1 aromatic carbocycles. The molecule has 1 atom stereocenters. The summed E-state index contributed by atoms with van der Waals surface area (Å²) in [5.41, 5.74) is 7.20. The van der Waals surface area contributed by atoms with Gasteiger partial charge in [0, 0.05) is 18.4 Å². The molecule has 0 amide bonds. The van der Waals surface area contributed by atoms with Gasteiger partial charge >= 0.3 is 6.18 Å². The monoisotopic (exact) mass is 280 g/mol. The molecule has 2 N–H and O–H groups in total. The van der Waals surface area contributed by atoms with E-state index in [9.17, 15) is 13.2 Å². The van der Waals surface area contributed by atoms with E-state index in [1.807, 2.05) is 12.1 Å². The number of aromatic nitrogens is 1. The summed E-state index contributed by atoms with van der Waals surface area (Å²) < 4.78 is 37.3. The molecule has 0 saturated heterocycles. The van der Waals surface area contributed by atoms with Gasteiger partial charge in [0.05, 0.1) is 5.56 Å². The van der Waals surface area contributed by atoms with Crippen molar-refractivity contribution < 1.29 is 13.2 Å². The second-order valence-corrected chi connectivity index (χ2v) is 4.72. The third-order valence-corrected chi connectivity index (χ3v) is 3.00. The summed E-state index contributed by atoms with van der Waals surface area (Å²) in [7, 11) is 0. The summed E-state index contributed by atoms with van der Waals surface area (Å²) in [5.74, 6) is 0. The molecule has 1 unspecified atom stereocenters. The Hall–Kier alpha value is -1.88. The fourth-order valence-electron chi connectivity index (χ4n) is 2.03. The lowest BCUT2D eigenvalue weighted by Gasteiger charge is -2.12. The fraction of sp³-hybridized carbons (Fsp3) is 0.267. The summed E-state index contributed by atoms with van der Waals surface area (Å²) in [6, 6.07) is 8.76. The minimum atomic E-state index is -4.30. The van der Waals surface area contributed by atoms with Crippen LogP contribution in [0, 0.1) is 0 Å². The molecule has 1 aromatic heterocycles. The van der Waals surface area contributed by atoms with E-state index < -0.39 is 11.7 Å². The molecule has 0 aliphatic heterocycles. The quantitative estimate of drug-likeness (QED) is 0.934. The molecular weight excluding hydrogens is 265 g/mol. The van der Waals surface area contributed by atoms with Gasteiger partial charge in [-0.25, -0.2) is 0 Å². The van der Waals surface area contributed by atoms with Gasteiger partial charge in [-0.05, 0) is 42.2 Å². The zero-order valence-corrected chi connectivity index (χ0v) is 10.8. The second kappa shape index (κ2) is 6.05. The summed E-state index contributed by atoms with van der Waals surface area (Å²) in [4.78, 5) is 4.00. The van der Waals surface area contributed by atoms with E-state index in [1.165, 1.54) is 12.1 Å². The number of hydrogen-bond acceptors (Lipinski definition) is 2. The Morgan fingerprint density at radius 3 is 2.20 bits per heavy atom. The molecule has 0 aliphatic rings. The van der Waals surface area contributed by atoms with Crippen molar-refractivity contribution >= 4 is 0 Å². The van der Waals surface area contributed by atoms with Gasteiger partial charge in [-0.2, -0.15) is 13.2 Å². The molecule has 2 nitrogen and oxygen atoms in total. The van der Waals surface area contributed by atoms with Crippen molar-refractivity contribution in [2.45, 2.75) is 25.1 Å². The van der Waals surface area contributed by atoms with Crippen molar-refractivity contribution in [3.63, 3.8) is 0 Å². The lowest BCUT2D eigenvalue weighted by molar-refractivity contribution is -0.137. The predicted octanol–water partition coefficient (Wildman–Crippen LogP) is 3.21. The first-order valence-corrected chi connectivity index (χ1v) is 6.26. The highest BCUT2D eigenvalue weighted by Crippen LogP contribution is 2.29. The molecule has 0 radical (unpaired) electrons. The average molecular weight is 280 g/mol. The van der Waals surface area contributed by atoms with Gasteiger partial charge in [0.25, 0.3) is 0 Å². The Morgan fingerprint density at radius 2 is 1.65 bits per heavy atom. The smallest absolute Gasteiger partial charge is 0.327 e. The van der Waals surface area contributed by atoms with Gasteiger partial charge in [0.2, 0.25) is 0 Å². The lowest BCUT2D eigenvalue weighted by atomic mass is 10.00. The summed E-state index contributed by atoms with van der Waals surface area (Å²) >= 11 is 0. The number of hydrogen-bond donors (Lipinski definition) is 1. The van der Waals surface area contributed by atoms with Gasteiger partial charge in [-0.1, -0.05) is 18.2 Å². The fourth-order valence-corrected chi connectivity index (χ4v) is 2.03. The first kappa shape index (κ1) is 14.5. The highest BCUT2D eigenvalue weighted by Gasteiger charge is 2.29. The van der Waals surface area contributed by atoms with Crippen LogP contribution in [-0.2, 0) is 19.0 Å². The Morgan fingerprint density at radius 1 is 1.00 bits per heavy atom. The molecule has 0 aliphatic carbocycles. The first-order valence-electron chi connectivity index (χ1n) is 6.26. The van der Waals surface area contributed by atoms with E-state index >= 15 is 0 Å². The molecule has 0 saturated carbocycles. The van der Waals surface area contributed by atoms with Gasteiger partial charge in [0.1, 0.15) is 0 Å². The van der Waals surface area contributed by atoms with E-state index in [0.717, 1.165) is 23.3 Å². The van der Waals surface area contributed by atoms with Gasteiger partial charge in [-0.3, -0.25) is 4.98 Å². The van der Waals surface area contributed by atoms with Gasteiger partial charge < -0.3 is 5.73 Å². The maximum absolute atomic E-state index is 12.4. The number of halogens is 3. The first-order chi connectivity index (χ1) is 9.45. The Kier molecular flexibility index (Phi) is 4.39. The Labute approximate surface area is 115 Å². The number of alkyl halides is 3. The number of nitrogens with zero attached hydrogens (tertiary/aromatic N) is 1. The van der Waals surface area contributed by atoms with E-state index in [0.29, 0.717) is 12.8 Å². The molecule has 0 fully saturated rings. The van der Waals surface area contributed by atoms with Gasteiger partial charge in [-0.15, -0.1) is 0 Å². The van der Waals surface area contributed by atoms with Crippen molar-refractivity contribution in [2.24, 2.45) is 5.73 Å². The minimum absolute atomic E-state index is 0.143. The molecule has 5 heteroatoms. The third kappa shape index (κ3) is 4.06. The summed E-state index contributed by atoms with van der Waals surface area (Å²) in [5, 5.41) is 0. The highest BCUT2D eigenvalue weighted by molar-refractivity contribution is 5.25. The molecule has 0 spiro atoms. The average Bonchev–Trinajstić information content (AvgIpc) is 2.39. The van der Waals surface area contributed by atoms with E-state index in [4.69, 9.17) is 5.73 Å². The molecular formula is C15H15F3N2. The number of rotatable bonds is 4. The number of pyridine rings is 1. The van der Waals surface area contributed by atoms with Crippen LogP contribution in [0.1, 0.15) is 16.7 Å². The van der Waals surface area contributed by atoms with Gasteiger partial charge in [0.15, 0.2) is 0 Å². The lowest BCUT2D eigenvalue weighted by Crippen LogP contribution is -2.25. The van der Waals surface area contributed by atoms with Crippen LogP contribution in [0.25, 0.3) is 0 Å². The van der Waals surface area contributed by atoms with E-state index in [-0.39, 0.29) is 6.04 Å². The van der Waals surface area contributed by atoms with Crippen molar-refractivity contribution in [1.29, 1.82) is 0 Å². The van der Waals surface area contributed by atoms with E-state index in [2.05, 4.69) is 4.98 Å². The Balaban J connectivity index is 1.96. The molecule has 0 bridgehead atoms. The standard InChI is InChI=1S/C15H15F3N2/c16-15(17,18)13-5-3-11(4-6-13)8-14(19)9-12-2-1-7-20-10-12/h1-7,10,14H,8-9,19H2. The maximum Gasteiger partial charge on any atom is 0.416 e. The largest absolute Gasteiger partial charge is 0.416 e. The van der Waals surface area contributed by atoms with Crippen LogP contribution in [0.2, 0.25) is 0 Å². The SMILES string of the molecule is NC(Cc1ccc(C(F)(F)F)cc1)Cc1cccnc1. The topological polar surface area (TPSA) is 38.9 Å². The van der Waals surface area contributed by atoms with Crippen LogP contribution < -0.4 is 5.73 Å². The zero-order valence-electron chi connectivity index (χ0n) is 10.8. The van der Waals surface area contributed by atoms with Crippen LogP contribution in [0.5, 0.6) is 0 Å². The van der Waals surface area contributed by atoms with Crippen LogP contribution in [-0.4, -0.2) is 11.0 Å². The molecule has 1 heterocycles. The van der Waals surface area contributed by atoms with E-state index in [1.54, 1.807) is 12.4 Å². The highest BCUT2D eigenvalue weighted by atomic mass is 19.4. The number of nitrogens with two attached hydrogens (primary N) is 1. The predicted molar refractivity (Wildman–Crippen MR) is 71.1 cm³/mol. The Bertz CT molecular complexity index is 535. The summed E-state index contributed by atoms with van der Waals surface area (Å²) in [6.07, 6.45) is 0.315. The number of benzene rings is 1. The van der Waals surface area contributed by atoms with Crippen molar-refractivity contribution in [3.05, 3.63) is 65.5 Å².